The van der Waals surface area contributed by atoms with Crippen LogP contribution in [0.2, 0.25) is 0 Å². The molecule has 1 aliphatic rings. The maximum atomic E-state index is 11.4. The van der Waals surface area contributed by atoms with Crippen LogP contribution in [0.4, 0.5) is 4.79 Å². The molecule has 2 rings (SSSR count). The van der Waals surface area contributed by atoms with Crippen LogP contribution in [0.15, 0.2) is 30.3 Å². The van der Waals surface area contributed by atoms with Crippen molar-refractivity contribution in [2.24, 2.45) is 5.92 Å². The van der Waals surface area contributed by atoms with Crippen molar-refractivity contribution in [1.82, 2.24) is 5.32 Å². The van der Waals surface area contributed by atoms with Gasteiger partial charge in [-0.05, 0) is 17.9 Å². The number of carbonyl (C=O) groups is 1. The number of rotatable bonds is 4. The molecule has 16 heavy (non-hydrogen) atoms. The molecule has 1 fully saturated rings. The lowest BCUT2D eigenvalue weighted by Gasteiger charge is -2.06. The highest BCUT2D eigenvalue weighted by Crippen LogP contribution is 2.33. The van der Waals surface area contributed by atoms with Crippen LogP contribution in [0.1, 0.15) is 25.3 Å². The summed E-state index contributed by atoms with van der Waals surface area (Å²) in [7, 11) is 0. The number of ether oxygens (including phenoxy) is 1. The molecule has 1 aliphatic carbocycles. The van der Waals surface area contributed by atoms with Gasteiger partial charge in [-0.1, -0.05) is 43.7 Å². The molecule has 1 aromatic rings. The van der Waals surface area contributed by atoms with Crippen LogP contribution in [0.25, 0.3) is 0 Å². The van der Waals surface area contributed by atoms with Gasteiger partial charge in [0.05, 0.1) is 0 Å². The lowest BCUT2D eigenvalue weighted by molar-refractivity contribution is 0.138. The van der Waals surface area contributed by atoms with Crippen LogP contribution in [-0.2, 0) is 11.3 Å². The van der Waals surface area contributed by atoms with Crippen molar-refractivity contribution in [3.05, 3.63) is 35.9 Å². The summed E-state index contributed by atoms with van der Waals surface area (Å²) in [6, 6.07) is 10.0. The lowest BCUT2D eigenvalue weighted by atomic mass is 10.2. The molecule has 0 unspecified atom stereocenters. The summed E-state index contributed by atoms with van der Waals surface area (Å²) >= 11 is 0. The Hall–Kier alpha value is -1.51. The predicted molar refractivity (Wildman–Crippen MR) is 61.9 cm³/mol. The summed E-state index contributed by atoms with van der Waals surface area (Å²) in [6.45, 7) is 2.48. The molecule has 86 valence electrons. The molecule has 1 amide bonds. The van der Waals surface area contributed by atoms with Crippen LogP contribution in [0.3, 0.4) is 0 Å². The van der Waals surface area contributed by atoms with Crippen molar-refractivity contribution in [3.63, 3.8) is 0 Å². The second kappa shape index (κ2) is 5.01. The highest BCUT2D eigenvalue weighted by Gasteiger charge is 2.36. The van der Waals surface area contributed by atoms with E-state index in [0.29, 0.717) is 18.6 Å². The van der Waals surface area contributed by atoms with Crippen molar-refractivity contribution in [3.8, 4) is 0 Å². The van der Waals surface area contributed by atoms with Crippen LogP contribution in [-0.4, -0.2) is 12.1 Å². The minimum Gasteiger partial charge on any atom is -0.445 e. The van der Waals surface area contributed by atoms with Gasteiger partial charge in [-0.2, -0.15) is 0 Å². The van der Waals surface area contributed by atoms with Crippen molar-refractivity contribution >= 4 is 6.09 Å². The van der Waals surface area contributed by atoms with Crippen LogP contribution in [0.5, 0.6) is 0 Å². The molecule has 2 atom stereocenters. The van der Waals surface area contributed by atoms with Crippen molar-refractivity contribution < 1.29 is 9.53 Å². The van der Waals surface area contributed by atoms with E-state index in [2.05, 4.69) is 12.2 Å². The number of carbonyl (C=O) groups excluding carboxylic acids is 1. The Morgan fingerprint density at radius 1 is 1.44 bits per heavy atom. The zero-order chi connectivity index (χ0) is 11.4. The Kier molecular flexibility index (Phi) is 3.44. The first-order valence-corrected chi connectivity index (χ1v) is 5.77. The van der Waals surface area contributed by atoms with Gasteiger partial charge in [0.2, 0.25) is 0 Å². The molecular formula is C13H17NO2. The van der Waals surface area contributed by atoms with E-state index in [1.165, 1.54) is 0 Å². The average molecular weight is 219 g/mol. The Morgan fingerprint density at radius 2 is 2.19 bits per heavy atom. The van der Waals surface area contributed by atoms with Crippen LogP contribution < -0.4 is 5.32 Å². The van der Waals surface area contributed by atoms with Crippen molar-refractivity contribution in [2.75, 3.05) is 0 Å². The van der Waals surface area contributed by atoms with E-state index in [4.69, 9.17) is 4.74 Å². The third-order valence-electron chi connectivity index (χ3n) is 2.96. The van der Waals surface area contributed by atoms with E-state index >= 15 is 0 Å². The minimum atomic E-state index is -0.301. The van der Waals surface area contributed by atoms with Gasteiger partial charge < -0.3 is 10.1 Å². The zero-order valence-corrected chi connectivity index (χ0v) is 9.48. The van der Waals surface area contributed by atoms with Gasteiger partial charge in [-0.25, -0.2) is 4.79 Å². The smallest absolute Gasteiger partial charge is 0.407 e. The molecule has 1 aromatic carbocycles. The molecule has 0 radical (unpaired) electrons. The molecule has 3 heteroatoms. The van der Waals surface area contributed by atoms with Gasteiger partial charge >= 0.3 is 6.09 Å². The number of alkyl carbamates (subject to hydrolysis) is 1. The van der Waals surface area contributed by atoms with Gasteiger partial charge in [-0.3, -0.25) is 0 Å². The van der Waals surface area contributed by atoms with Gasteiger partial charge in [0.1, 0.15) is 6.61 Å². The molecule has 0 heterocycles. The van der Waals surface area contributed by atoms with E-state index in [-0.39, 0.29) is 6.09 Å². The minimum absolute atomic E-state index is 0.301. The fraction of sp³-hybridized carbons (Fsp3) is 0.462. The summed E-state index contributed by atoms with van der Waals surface area (Å²) in [5.41, 5.74) is 1.01. The Morgan fingerprint density at radius 3 is 2.81 bits per heavy atom. The van der Waals surface area contributed by atoms with Gasteiger partial charge in [0.25, 0.3) is 0 Å². The molecule has 0 saturated heterocycles. The second-order valence-electron chi connectivity index (χ2n) is 4.22. The summed E-state index contributed by atoms with van der Waals surface area (Å²) in [4.78, 5) is 11.4. The second-order valence-corrected chi connectivity index (χ2v) is 4.22. The SMILES string of the molecule is CC[C@@H]1C[C@H]1NC(=O)OCc1ccccc1. The third-order valence-corrected chi connectivity index (χ3v) is 2.96. The predicted octanol–water partition coefficient (Wildman–Crippen LogP) is 2.71. The van der Waals surface area contributed by atoms with Crippen molar-refractivity contribution in [2.45, 2.75) is 32.4 Å². The Bertz CT molecular complexity index is 350. The van der Waals surface area contributed by atoms with Gasteiger partial charge in [-0.15, -0.1) is 0 Å². The lowest BCUT2D eigenvalue weighted by Crippen LogP contribution is -2.27. The number of hydrogen-bond acceptors (Lipinski definition) is 2. The normalized spacial score (nSPS) is 22.6. The highest BCUT2D eigenvalue weighted by molar-refractivity contribution is 5.68. The summed E-state index contributed by atoms with van der Waals surface area (Å²) < 4.78 is 5.12. The summed E-state index contributed by atoms with van der Waals surface area (Å²) in [6.07, 6.45) is 1.92. The third kappa shape index (κ3) is 2.99. The number of hydrogen-bond donors (Lipinski definition) is 1. The maximum Gasteiger partial charge on any atom is 0.407 e. The Labute approximate surface area is 95.8 Å². The van der Waals surface area contributed by atoms with Gasteiger partial charge in [0.15, 0.2) is 0 Å². The fourth-order valence-electron chi connectivity index (χ4n) is 1.79. The van der Waals surface area contributed by atoms with Crippen molar-refractivity contribution in [1.29, 1.82) is 0 Å². The van der Waals surface area contributed by atoms with E-state index in [9.17, 15) is 4.79 Å². The van der Waals surface area contributed by atoms with Crippen LogP contribution in [0, 0.1) is 5.92 Å². The van der Waals surface area contributed by atoms with E-state index in [0.717, 1.165) is 18.4 Å². The first kappa shape index (κ1) is 11.0. The molecule has 1 N–H and O–H groups in total. The monoisotopic (exact) mass is 219 g/mol. The van der Waals surface area contributed by atoms with Gasteiger partial charge in [0, 0.05) is 6.04 Å². The molecular weight excluding hydrogens is 202 g/mol. The largest absolute Gasteiger partial charge is 0.445 e. The quantitative estimate of drug-likeness (QED) is 0.845. The Balaban J connectivity index is 1.69. The molecule has 0 spiro atoms. The molecule has 3 nitrogen and oxygen atoms in total. The molecule has 0 aromatic heterocycles. The highest BCUT2D eigenvalue weighted by atomic mass is 16.5. The number of nitrogens with one attached hydrogen (secondary N) is 1. The van der Waals surface area contributed by atoms with E-state index in [1.807, 2.05) is 30.3 Å². The first-order chi connectivity index (χ1) is 7.79. The molecule has 0 aliphatic heterocycles. The molecule has 0 bridgehead atoms. The van der Waals surface area contributed by atoms with E-state index in [1.54, 1.807) is 0 Å². The van der Waals surface area contributed by atoms with Crippen LogP contribution >= 0.6 is 0 Å². The standard InChI is InChI=1S/C13H17NO2/c1-2-11-8-12(11)14-13(15)16-9-10-6-4-3-5-7-10/h3-7,11-12H,2,8-9H2,1H3,(H,14,15)/t11-,12-/m1/s1. The molecule has 1 saturated carbocycles. The maximum absolute atomic E-state index is 11.4. The number of amides is 1. The topological polar surface area (TPSA) is 38.3 Å². The van der Waals surface area contributed by atoms with E-state index < -0.39 is 0 Å². The summed E-state index contributed by atoms with van der Waals surface area (Å²) in [5, 5.41) is 2.86. The summed E-state index contributed by atoms with van der Waals surface area (Å²) in [5.74, 6) is 0.657. The first-order valence-electron chi connectivity index (χ1n) is 5.77. The fourth-order valence-corrected chi connectivity index (χ4v) is 1.79. The average Bonchev–Trinajstić information content (AvgIpc) is 3.06. The zero-order valence-electron chi connectivity index (χ0n) is 9.48. The number of benzene rings is 1.